The van der Waals surface area contributed by atoms with E-state index in [4.69, 9.17) is 11.6 Å². The van der Waals surface area contributed by atoms with Crippen molar-refractivity contribution in [3.8, 4) is 0 Å². The molecule has 0 amide bonds. The summed E-state index contributed by atoms with van der Waals surface area (Å²) in [5, 5.41) is 0.924. The predicted molar refractivity (Wildman–Crippen MR) is 59.9 cm³/mol. The van der Waals surface area contributed by atoms with Crippen molar-refractivity contribution >= 4 is 55.2 Å². The second-order valence-electron chi connectivity index (χ2n) is 2.55. The van der Waals surface area contributed by atoms with Gasteiger partial charge in [-0.05, 0) is 12.1 Å². The van der Waals surface area contributed by atoms with Crippen LogP contribution in [0.4, 0.5) is 0 Å². The third kappa shape index (κ3) is 1.52. The molecule has 0 unspecified atom stereocenters. The van der Waals surface area contributed by atoms with Gasteiger partial charge in [-0.1, -0.05) is 33.6 Å². The van der Waals surface area contributed by atoms with E-state index in [1.165, 1.54) is 11.3 Å². The van der Waals surface area contributed by atoms with Crippen LogP contribution in [0.25, 0.3) is 10.1 Å². The molecular weight excluding hydrogens is 272 g/mol. The van der Waals surface area contributed by atoms with Crippen LogP contribution in [0.5, 0.6) is 0 Å². The number of carbonyl (C=O) groups excluding carboxylic acids is 1. The molecule has 0 N–H and O–H groups in total. The van der Waals surface area contributed by atoms with E-state index in [1.807, 2.05) is 18.2 Å². The van der Waals surface area contributed by atoms with Gasteiger partial charge >= 0.3 is 0 Å². The zero-order valence-corrected chi connectivity index (χ0v) is 9.54. The average Bonchev–Trinajstić information content (AvgIpc) is 2.39. The van der Waals surface area contributed by atoms with Crippen molar-refractivity contribution in [2.45, 2.75) is 0 Å². The molecule has 0 atom stereocenters. The molecule has 2 rings (SSSR count). The Morgan fingerprint density at radius 3 is 2.92 bits per heavy atom. The van der Waals surface area contributed by atoms with Gasteiger partial charge in [-0.15, -0.1) is 11.3 Å². The van der Waals surface area contributed by atoms with E-state index in [2.05, 4.69) is 15.9 Å². The molecule has 0 aliphatic carbocycles. The van der Waals surface area contributed by atoms with Crippen LogP contribution in [0.1, 0.15) is 10.4 Å². The maximum absolute atomic E-state index is 10.7. The highest BCUT2D eigenvalue weighted by molar-refractivity contribution is 9.10. The molecule has 66 valence electrons. The summed E-state index contributed by atoms with van der Waals surface area (Å²) in [5.74, 6) is 0. The van der Waals surface area contributed by atoms with Gasteiger partial charge in [0.2, 0.25) is 0 Å². The van der Waals surface area contributed by atoms with Crippen molar-refractivity contribution in [3.05, 3.63) is 32.6 Å². The molecule has 0 bridgehead atoms. The van der Waals surface area contributed by atoms with Crippen LogP contribution in [-0.4, -0.2) is 6.29 Å². The van der Waals surface area contributed by atoms with Crippen LogP contribution >= 0.6 is 38.9 Å². The SMILES string of the molecule is O=Cc1c(Cl)sc2cc(Br)ccc12. The number of carbonyl (C=O) groups is 1. The van der Waals surface area contributed by atoms with E-state index < -0.39 is 0 Å². The van der Waals surface area contributed by atoms with Crippen molar-refractivity contribution in [1.82, 2.24) is 0 Å². The number of hydrogen-bond acceptors (Lipinski definition) is 2. The van der Waals surface area contributed by atoms with Gasteiger partial charge in [-0.2, -0.15) is 0 Å². The highest BCUT2D eigenvalue weighted by Crippen LogP contribution is 2.35. The second-order valence-corrected chi connectivity index (χ2v) is 5.12. The quantitative estimate of drug-likeness (QED) is 0.715. The highest BCUT2D eigenvalue weighted by atomic mass is 79.9. The Labute approximate surface area is 92.5 Å². The summed E-state index contributed by atoms with van der Waals surface area (Å²) in [6.07, 6.45) is 0.801. The number of hydrogen-bond donors (Lipinski definition) is 0. The summed E-state index contributed by atoms with van der Waals surface area (Å²) in [6.45, 7) is 0. The Kier molecular flexibility index (Phi) is 2.41. The van der Waals surface area contributed by atoms with E-state index in [9.17, 15) is 4.79 Å². The van der Waals surface area contributed by atoms with Crippen molar-refractivity contribution in [2.24, 2.45) is 0 Å². The number of aldehydes is 1. The van der Waals surface area contributed by atoms with E-state index in [0.717, 1.165) is 20.8 Å². The lowest BCUT2D eigenvalue weighted by atomic mass is 10.2. The van der Waals surface area contributed by atoms with Crippen LogP contribution < -0.4 is 0 Å². The molecule has 1 aromatic heterocycles. The van der Waals surface area contributed by atoms with Crippen molar-refractivity contribution < 1.29 is 4.79 Å². The minimum atomic E-state index is 0.558. The lowest BCUT2D eigenvalue weighted by Crippen LogP contribution is -1.75. The van der Waals surface area contributed by atoms with Crippen molar-refractivity contribution in [2.75, 3.05) is 0 Å². The number of fused-ring (bicyclic) bond motifs is 1. The van der Waals surface area contributed by atoms with Crippen LogP contribution in [0, 0.1) is 0 Å². The fraction of sp³-hybridized carbons (Fsp3) is 0. The van der Waals surface area contributed by atoms with Crippen LogP contribution in [0.2, 0.25) is 4.34 Å². The van der Waals surface area contributed by atoms with Gasteiger partial charge in [0, 0.05) is 14.6 Å². The fourth-order valence-electron chi connectivity index (χ4n) is 1.17. The minimum Gasteiger partial charge on any atom is -0.298 e. The summed E-state index contributed by atoms with van der Waals surface area (Å²) in [4.78, 5) is 10.7. The Hall–Kier alpha value is -0.380. The Morgan fingerprint density at radius 1 is 1.46 bits per heavy atom. The molecule has 1 heterocycles. The first kappa shape index (κ1) is 9.19. The molecule has 1 nitrogen and oxygen atoms in total. The van der Waals surface area contributed by atoms with Crippen molar-refractivity contribution in [3.63, 3.8) is 0 Å². The van der Waals surface area contributed by atoms with E-state index in [1.54, 1.807) is 0 Å². The van der Waals surface area contributed by atoms with Crippen molar-refractivity contribution in [1.29, 1.82) is 0 Å². The molecule has 13 heavy (non-hydrogen) atoms. The molecule has 0 aliphatic rings. The van der Waals surface area contributed by atoms with Gasteiger partial charge in [0.05, 0.1) is 5.56 Å². The van der Waals surface area contributed by atoms with Gasteiger partial charge in [0.15, 0.2) is 6.29 Å². The first-order valence-corrected chi connectivity index (χ1v) is 5.54. The zero-order chi connectivity index (χ0) is 9.42. The molecule has 0 fully saturated rings. The number of halogens is 2. The van der Waals surface area contributed by atoms with Crippen LogP contribution in [0.15, 0.2) is 22.7 Å². The van der Waals surface area contributed by atoms with Gasteiger partial charge in [0.25, 0.3) is 0 Å². The fourth-order valence-corrected chi connectivity index (χ4v) is 3.01. The minimum absolute atomic E-state index is 0.558. The third-order valence-corrected chi connectivity index (χ3v) is 3.65. The molecule has 0 spiro atoms. The topological polar surface area (TPSA) is 17.1 Å². The molecule has 2 aromatic rings. The zero-order valence-electron chi connectivity index (χ0n) is 6.38. The second kappa shape index (κ2) is 3.40. The van der Waals surface area contributed by atoms with Gasteiger partial charge in [0.1, 0.15) is 4.34 Å². The maximum Gasteiger partial charge on any atom is 0.153 e. The molecule has 4 heteroatoms. The standard InChI is InChI=1S/C9H4BrClOS/c10-5-1-2-6-7(4-12)9(11)13-8(6)3-5/h1-4H. The monoisotopic (exact) mass is 274 g/mol. The van der Waals surface area contributed by atoms with Gasteiger partial charge in [-0.3, -0.25) is 4.79 Å². The van der Waals surface area contributed by atoms with Gasteiger partial charge in [-0.25, -0.2) is 0 Å². The van der Waals surface area contributed by atoms with E-state index in [-0.39, 0.29) is 0 Å². The molecule has 1 aromatic carbocycles. The number of thiophene rings is 1. The Morgan fingerprint density at radius 2 is 2.23 bits per heavy atom. The lowest BCUT2D eigenvalue weighted by Gasteiger charge is -1.90. The average molecular weight is 276 g/mol. The Bertz CT molecular complexity index is 478. The normalized spacial score (nSPS) is 10.6. The number of benzene rings is 1. The largest absolute Gasteiger partial charge is 0.298 e. The summed E-state index contributed by atoms with van der Waals surface area (Å²) in [7, 11) is 0. The molecule has 0 radical (unpaired) electrons. The lowest BCUT2D eigenvalue weighted by molar-refractivity contribution is 0.112. The molecule has 0 saturated heterocycles. The predicted octanol–water partition coefficient (Wildman–Crippen LogP) is 4.13. The maximum atomic E-state index is 10.7. The van der Waals surface area contributed by atoms with E-state index >= 15 is 0 Å². The molecule has 0 saturated carbocycles. The first-order valence-electron chi connectivity index (χ1n) is 3.55. The summed E-state index contributed by atoms with van der Waals surface area (Å²) >= 11 is 10.7. The van der Waals surface area contributed by atoms with Gasteiger partial charge < -0.3 is 0 Å². The smallest absolute Gasteiger partial charge is 0.153 e. The Balaban J connectivity index is 2.86. The van der Waals surface area contributed by atoms with E-state index in [0.29, 0.717) is 9.90 Å². The van der Waals surface area contributed by atoms with Crippen LogP contribution in [-0.2, 0) is 0 Å². The molecule has 0 aliphatic heterocycles. The molecular formula is C9H4BrClOS. The third-order valence-electron chi connectivity index (χ3n) is 1.76. The highest BCUT2D eigenvalue weighted by Gasteiger charge is 2.09. The summed E-state index contributed by atoms with van der Waals surface area (Å²) in [6, 6.07) is 5.75. The summed E-state index contributed by atoms with van der Waals surface area (Å²) in [5.41, 5.74) is 0.592. The first-order chi connectivity index (χ1) is 6.22. The summed E-state index contributed by atoms with van der Waals surface area (Å²) < 4.78 is 2.58. The number of rotatable bonds is 1. The van der Waals surface area contributed by atoms with Crippen LogP contribution in [0.3, 0.4) is 0 Å².